The minimum absolute atomic E-state index is 0.315. The molecular formula is C33H33ClN4O2S2. The van der Waals surface area contributed by atoms with Crippen LogP contribution < -0.4 is 4.90 Å². The summed E-state index contributed by atoms with van der Waals surface area (Å²) in [5.41, 5.74) is 6.17. The van der Waals surface area contributed by atoms with E-state index in [4.69, 9.17) is 16.7 Å². The van der Waals surface area contributed by atoms with E-state index in [9.17, 15) is 8.42 Å². The van der Waals surface area contributed by atoms with Crippen molar-refractivity contribution in [2.24, 2.45) is 0 Å². The van der Waals surface area contributed by atoms with E-state index in [1.165, 1.54) is 17.5 Å². The number of sulfone groups is 1. The molecule has 2 aromatic heterocycles. The van der Waals surface area contributed by atoms with Crippen LogP contribution in [0.3, 0.4) is 0 Å². The number of likely N-dealkylation sites (tertiary alicyclic amines) is 1. The van der Waals surface area contributed by atoms with Crippen molar-refractivity contribution in [3.63, 3.8) is 0 Å². The highest BCUT2D eigenvalue weighted by molar-refractivity contribution is 7.90. The highest BCUT2D eigenvalue weighted by Gasteiger charge is 2.27. The monoisotopic (exact) mass is 616 g/mol. The SMILES string of the molecule is CN(C)c1ccc(C2CCCN2Cc2cc(-c3ccc(-c4cccc(S(C)(=O)=O)c4)s3)n(-c3ccccc3Cl)n2)cc1. The molecule has 1 unspecified atom stereocenters. The van der Waals surface area contributed by atoms with Gasteiger partial charge in [-0.15, -0.1) is 11.3 Å². The highest BCUT2D eigenvalue weighted by atomic mass is 35.5. The smallest absolute Gasteiger partial charge is 0.175 e. The molecule has 6 nitrogen and oxygen atoms in total. The van der Waals surface area contributed by atoms with Gasteiger partial charge in [0, 0.05) is 43.5 Å². The highest BCUT2D eigenvalue weighted by Crippen LogP contribution is 2.39. The second-order valence-electron chi connectivity index (χ2n) is 11.0. The predicted octanol–water partition coefficient (Wildman–Crippen LogP) is 7.73. The molecular weight excluding hydrogens is 584 g/mol. The Labute approximate surface area is 256 Å². The third kappa shape index (κ3) is 5.90. The maximum atomic E-state index is 12.2. The zero-order valence-electron chi connectivity index (χ0n) is 23.9. The summed E-state index contributed by atoms with van der Waals surface area (Å²) in [6.45, 7) is 1.76. The first-order chi connectivity index (χ1) is 20.2. The summed E-state index contributed by atoms with van der Waals surface area (Å²) >= 11 is 8.28. The summed E-state index contributed by atoms with van der Waals surface area (Å²) in [5.74, 6) is 0. The van der Waals surface area contributed by atoms with E-state index in [2.05, 4.69) is 60.3 Å². The molecule has 0 spiro atoms. The molecule has 1 aliphatic heterocycles. The van der Waals surface area contributed by atoms with Crippen LogP contribution in [0, 0.1) is 0 Å². The summed E-state index contributed by atoms with van der Waals surface area (Å²) in [6.07, 6.45) is 3.51. The van der Waals surface area contributed by atoms with Crippen LogP contribution in [0.4, 0.5) is 5.69 Å². The quantitative estimate of drug-likeness (QED) is 0.179. The second kappa shape index (κ2) is 11.7. The van der Waals surface area contributed by atoms with Gasteiger partial charge < -0.3 is 4.90 Å². The van der Waals surface area contributed by atoms with Crippen molar-refractivity contribution in [2.75, 3.05) is 31.8 Å². The van der Waals surface area contributed by atoms with Gasteiger partial charge in [-0.2, -0.15) is 5.10 Å². The van der Waals surface area contributed by atoms with Crippen molar-refractivity contribution in [3.05, 3.63) is 107 Å². The number of anilines is 1. The fourth-order valence-electron chi connectivity index (χ4n) is 5.60. The second-order valence-corrected chi connectivity index (χ2v) is 14.5. The van der Waals surface area contributed by atoms with Crippen LogP contribution in [-0.4, -0.2) is 50.0 Å². The van der Waals surface area contributed by atoms with Gasteiger partial charge in [0.2, 0.25) is 0 Å². The summed E-state index contributed by atoms with van der Waals surface area (Å²) in [5, 5.41) is 5.72. The molecule has 0 aliphatic carbocycles. The van der Waals surface area contributed by atoms with Crippen LogP contribution in [0.2, 0.25) is 5.02 Å². The van der Waals surface area contributed by atoms with E-state index in [0.29, 0.717) is 16.0 Å². The third-order valence-corrected chi connectivity index (χ3v) is 10.4. The van der Waals surface area contributed by atoms with Crippen molar-refractivity contribution in [1.82, 2.24) is 14.7 Å². The largest absolute Gasteiger partial charge is 0.378 e. The number of rotatable bonds is 8. The van der Waals surface area contributed by atoms with Crippen LogP contribution in [0.15, 0.2) is 95.9 Å². The lowest BCUT2D eigenvalue weighted by molar-refractivity contribution is 0.245. The molecule has 1 fully saturated rings. The average molecular weight is 617 g/mol. The van der Waals surface area contributed by atoms with Gasteiger partial charge in [-0.05, 0) is 85.1 Å². The van der Waals surface area contributed by atoms with E-state index in [1.807, 2.05) is 41.1 Å². The fraction of sp³-hybridized carbons (Fsp3) is 0.242. The molecule has 9 heteroatoms. The molecule has 0 N–H and O–H groups in total. The van der Waals surface area contributed by atoms with Gasteiger partial charge in [-0.3, -0.25) is 4.90 Å². The average Bonchev–Trinajstić information content (AvgIpc) is 3.73. The number of thiophene rings is 1. The first kappa shape index (κ1) is 28.7. The van der Waals surface area contributed by atoms with Gasteiger partial charge in [0.1, 0.15) is 0 Å². The molecule has 216 valence electrons. The van der Waals surface area contributed by atoms with Gasteiger partial charge in [0.25, 0.3) is 0 Å². The van der Waals surface area contributed by atoms with E-state index in [1.54, 1.807) is 29.5 Å². The molecule has 6 rings (SSSR count). The molecule has 1 saturated heterocycles. The fourth-order valence-corrected chi connectivity index (χ4v) is 7.48. The number of aromatic nitrogens is 2. The van der Waals surface area contributed by atoms with Gasteiger partial charge in [-0.25, -0.2) is 13.1 Å². The first-order valence-corrected chi connectivity index (χ1v) is 17.0. The summed E-state index contributed by atoms with van der Waals surface area (Å²) < 4.78 is 26.2. The third-order valence-electron chi connectivity index (χ3n) is 7.77. The van der Waals surface area contributed by atoms with Crippen LogP contribution in [0.1, 0.15) is 30.1 Å². The van der Waals surface area contributed by atoms with Gasteiger partial charge >= 0.3 is 0 Å². The molecule has 0 amide bonds. The summed E-state index contributed by atoms with van der Waals surface area (Å²) in [4.78, 5) is 6.98. The Morgan fingerprint density at radius 2 is 1.71 bits per heavy atom. The normalized spacial score (nSPS) is 15.8. The van der Waals surface area contributed by atoms with Crippen LogP contribution in [0.25, 0.3) is 26.7 Å². The predicted molar refractivity (Wildman–Crippen MR) is 174 cm³/mol. The van der Waals surface area contributed by atoms with Crippen molar-refractivity contribution in [2.45, 2.75) is 30.3 Å². The number of halogens is 1. The lowest BCUT2D eigenvalue weighted by Crippen LogP contribution is -2.23. The van der Waals surface area contributed by atoms with E-state index in [-0.39, 0.29) is 0 Å². The topological polar surface area (TPSA) is 58.4 Å². The van der Waals surface area contributed by atoms with Crippen LogP contribution in [0.5, 0.6) is 0 Å². The minimum atomic E-state index is -3.30. The zero-order valence-corrected chi connectivity index (χ0v) is 26.3. The Morgan fingerprint density at radius 3 is 2.45 bits per heavy atom. The van der Waals surface area contributed by atoms with E-state index >= 15 is 0 Å². The lowest BCUT2D eigenvalue weighted by Gasteiger charge is -2.24. The number of hydrogen-bond acceptors (Lipinski definition) is 6. The van der Waals surface area contributed by atoms with Gasteiger partial charge in [0.15, 0.2) is 9.84 Å². The number of hydrogen-bond donors (Lipinski definition) is 0. The van der Waals surface area contributed by atoms with Crippen molar-refractivity contribution < 1.29 is 8.42 Å². The first-order valence-electron chi connectivity index (χ1n) is 13.9. The maximum absolute atomic E-state index is 12.2. The Bertz CT molecular complexity index is 1830. The molecule has 42 heavy (non-hydrogen) atoms. The lowest BCUT2D eigenvalue weighted by atomic mass is 10.0. The maximum Gasteiger partial charge on any atom is 0.175 e. The Hall–Kier alpha value is -3.43. The van der Waals surface area contributed by atoms with Crippen molar-refractivity contribution in [3.8, 4) is 26.7 Å². The van der Waals surface area contributed by atoms with E-state index in [0.717, 1.165) is 58.3 Å². The van der Waals surface area contributed by atoms with Gasteiger partial charge in [-0.1, -0.05) is 48.0 Å². The van der Waals surface area contributed by atoms with E-state index < -0.39 is 9.84 Å². The van der Waals surface area contributed by atoms with Crippen LogP contribution in [-0.2, 0) is 16.4 Å². The number of para-hydroxylation sites is 1. The summed E-state index contributed by atoms with van der Waals surface area (Å²) in [7, 11) is 0.829. The Balaban J connectivity index is 1.34. The molecule has 1 atom stereocenters. The molecule has 1 aliphatic rings. The molecule has 0 radical (unpaired) electrons. The van der Waals surface area contributed by atoms with Gasteiger partial charge in [0.05, 0.1) is 31.9 Å². The molecule has 3 aromatic carbocycles. The number of benzene rings is 3. The summed E-state index contributed by atoms with van der Waals surface area (Å²) in [6, 6.07) is 30.4. The minimum Gasteiger partial charge on any atom is -0.378 e. The van der Waals surface area contributed by atoms with Crippen molar-refractivity contribution >= 4 is 38.5 Å². The van der Waals surface area contributed by atoms with Crippen molar-refractivity contribution in [1.29, 1.82) is 0 Å². The Kier molecular flexibility index (Phi) is 7.98. The molecule has 0 bridgehead atoms. The molecule has 3 heterocycles. The Morgan fingerprint density at radius 1 is 0.952 bits per heavy atom. The number of nitrogens with zero attached hydrogens (tertiary/aromatic N) is 4. The van der Waals surface area contributed by atoms with Crippen LogP contribution >= 0.6 is 22.9 Å². The zero-order chi connectivity index (χ0) is 29.4. The molecule has 0 saturated carbocycles. The molecule has 5 aromatic rings. The standard InChI is InChI=1S/C33H33ClN4O2S2/c1-36(2)26-15-13-23(14-16-26)29-12-7-19-37(29)22-25-21-31(38(35-25)30-11-5-4-10-28(30)34)33-18-17-32(41-33)24-8-6-9-27(20-24)42(3,39)40/h4-6,8-11,13-18,20-21,29H,7,12,19,22H2,1-3H3.